The third kappa shape index (κ3) is 4.58. The summed E-state index contributed by atoms with van der Waals surface area (Å²) in [6.45, 7) is 3.85. The number of aryl methyl sites for hydroxylation is 1. The molecule has 128 valence electrons. The van der Waals surface area contributed by atoms with Gasteiger partial charge < -0.3 is 5.32 Å². The van der Waals surface area contributed by atoms with Crippen molar-refractivity contribution in [2.24, 2.45) is 0 Å². The lowest BCUT2D eigenvalue weighted by Crippen LogP contribution is -2.28. The van der Waals surface area contributed by atoms with Gasteiger partial charge in [0.05, 0.1) is 17.3 Å². The van der Waals surface area contributed by atoms with Crippen LogP contribution in [0.2, 0.25) is 0 Å². The number of nitrogens with one attached hydrogen (secondary N) is 1. The van der Waals surface area contributed by atoms with Gasteiger partial charge in [-0.05, 0) is 37.6 Å². The van der Waals surface area contributed by atoms with Gasteiger partial charge in [0.15, 0.2) is 0 Å². The summed E-state index contributed by atoms with van der Waals surface area (Å²) < 4.78 is 1.02. The number of nitrogens with zero attached hydrogens (tertiary/aromatic N) is 2. The Morgan fingerprint density at radius 2 is 1.88 bits per heavy atom. The van der Waals surface area contributed by atoms with Gasteiger partial charge in [0.2, 0.25) is 5.91 Å². The molecule has 1 N–H and O–H groups in total. The van der Waals surface area contributed by atoms with Crippen LogP contribution < -0.4 is 5.32 Å². The van der Waals surface area contributed by atoms with Gasteiger partial charge in [-0.15, -0.1) is 0 Å². The van der Waals surface area contributed by atoms with Crippen LogP contribution >= 0.6 is 27.7 Å². The molecule has 1 amide bonds. The first-order chi connectivity index (χ1) is 12.0. The highest BCUT2D eigenvalue weighted by atomic mass is 79.9. The lowest BCUT2D eigenvalue weighted by Gasteiger charge is -2.14. The smallest absolute Gasteiger partial charge is 0.230 e. The zero-order chi connectivity index (χ0) is 17.8. The number of amides is 1. The number of fused-ring (bicyclic) bond motifs is 1. The van der Waals surface area contributed by atoms with Crippen molar-refractivity contribution < 1.29 is 4.79 Å². The first-order valence-corrected chi connectivity index (χ1v) is 9.72. The largest absolute Gasteiger partial charge is 0.349 e. The summed E-state index contributed by atoms with van der Waals surface area (Å²) in [5, 5.41) is 4.85. The molecule has 1 aromatic heterocycles. The van der Waals surface area contributed by atoms with E-state index >= 15 is 0 Å². The van der Waals surface area contributed by atoms with Crippen LogP contribution in [0, 0.1) is 6.92 Å². The number of aromatic nitrogens is 2. The number of hydrogen-bond donors (Lipinski definition) is 1. The van der Waals surface area contributed by atoms with Gasteiger partial charge in [0.25, 0.3) is 0 Å². The SMILES string of the molecule is Cc1nc(SCC(=O)NC(C)c2ccc(Br)cc2)c2ccccc2n1. The second-order valence-corrected chi connectivity index (χ2v) is 7.60. The van der Waals surface area contributed by atoms with Crippen LogP contribution in [-0.4, -0.2) is 21.6 Å². The molecule has 2 aromatic carbocycles. The maximum Gasteiger partial charge on any atom is 0.230 e. The summed E-state index contributed by atoms with van der Waals surface area (Å²) in [7, 11) is 0. The summed E-state index contributed by atoms with van der Waals surface area (Å²) >= 11 is 4.86. The van der Waals surface area contributed by atoms with Gasteiger partial charge in [-0.25, -0.2) is 9.97 Å². The van der Waals surface area contributed by atoms with Crippen LogP contribution in [0.25, 0.3) is 10.9 Å². The summed E-state index contributed by atoms with van der Waals surface area (Å²) in [5.41, 5.74) is 1.98. The van der Waals surface area contributed by atoms with Crippen molar-refractivity contribution in [3.8, 4) is 0 Å². The molecule has 4 nitrogen and oxygen atoms in total. The van der Waals surface area contributed by atoms with E-state index < -0.39 is 0 Å². The van der Waals surface area contributed by atoms with E-state index in [1.165, 1.54) is 11.8 Å². The van der Waals surface area contributed by atoms with Gasteiger partial charge in [-0.3, -0.25) is 4.79 Å². The molecule has 3 aromatic rings. The van der Waals surface area contributed by atoms with E-state index in [2.05, 4.69) is 31.2 Å². The first-order valence-electron chi connectivity index (χ1n) is 7.94. The van der Waals surface area contributed by atoms with E-state index in [4.69, 9.17) is 0 Å². The molecular formula is C19H18BrN3OS. The molecule has 3 rings (SSSR count). The molecule has 1 atom stereocenters. The van der Waals surface area contributed by atoms with Crippen LogP contribution in [0.5, 0.6) is 0 Å². The van der Waals surface area contributed by atoms with Crippen molar-refractivity contribution in [3.63, 3.8) is 0 Å². The fourth-order valence-electron chi connectivity index (χ4n) is 2.52. The monoisotopic (exact) mass is 415 g/mol. The van der Waals surface area contributed by atoms with Crippen molar-refractivity contribution in [2.75, 3.05) is 5.75 Å². The molecule has 0 radical (unpaired) electrons. The second-order valence-electron chi connectivity index (χ2n) is 5.72. The third-order valence-electron chi connectivity index (χ3n) is 3.77. The minimum absolute atomic E-state index is 0.0132. The Morgan fingerprint density at radius 1 is 1.16 bits per heavy atom. The Kier molecular flexibility index (Phi) is 5.71. The molecule has 6 heteroatoms. The van der Waals surface area contributed by atoms with Crippen LogP contribution in [0.3, 0.4) is 0 Å². The highest BCUT2D eigenvalue weighted by molar-refractivity contribution is 9.10. The minimum Gasteiger partial charge on any atom is -0.349 e. The summed E-state index contributed by atoms with van der Waals surface area (Å²) in [6.07, 6.45) is 0. The van der Waals surface area contributed by atoms with E-state index in [0.29, 0.717) is 11.6 Å². The van der Waals surface area contributed by atoms with E-state index in [1.54, 1.807) is 0 Å². The van der Waals surface area contributed by atoms with Crippen LogP contribution in [0.4, 0.5) is 0 Å². The molecule has 1 unspecified atom stereocenters. The molecule has 0 aliphatic carbocycles. The Balaban J connectivity index is 1.65. The van der Waals surface area contributed by atoms with Gasteiger partial charge in [0, 0.05) is 9.86 Å². The minimum atomic E-state index is -0.0370. The number of hydrogen-bond acceptors (Lipinski definition) is 4. The number of benzene rings is 2. The predicted molar refractivity (Wildman–Crippen MR) is 106 cm³/mol. The van der Waals surface area contributed by atoms with Crippen molar-refractivity contribution in [1.82, 2.24) is 15.3 Å². The number of thioether (sulfide) groups is 1. The molecule has 0 aliphatic heterocycles. The van der Waals surface area contributed by atoms with E-state index in [0.717, 1.165) is 26.0 Å². The van der Waals surface area contributed by atoms with Gasteiger partial charge in [-0.1, -0.05) is 58.0 Å². The maximum absolute atomic E-state index is 12.3. The van der Waals surface area contributed by atoms with Gasteiger partial charge in [0.1, 0.15) is 10.9 Å². The van der Waals surface area contributed by atoms with Crippen LogP contribution in [0.1, 0.15) is 24.4 Å². The zero-order valence-corrected chi connectivity index (χ0v) is 16.4. The van der Waals surface area contributed by atoms with Gasteiger partial charge >= 0.3 is 0 Å². The maximum atomic E-state index is 12.3. The van der Waals surface area contributed by atoms with E-state index in [9.17, 15) is 4.79 Å². The number of para-hydroxylation sites is 1. The number of rotatable bonds is 5. The average Bonchev–Trinajstić information content (AvgIpc) is 2.60. The highest BCUT2D eigenvalue weighted by Crippen LogP contribution is 2.25. The average molecular weight is 416 g/mol. The fourth-order valence-corrected chi connectivity index (χ4v) is 3.66. The molecule has 0 saturated heterocycles. The Hall–Kier alpha value is -1.92. The summed E-state index contributed by atoms with van der Waals surface area (Å²) in [4.78, 5) is 21.2. The Labute approximate surface area is 159 Å². The molecule has 0 aliphatic rings. The summed E-state index contributed by atoms with van der Waals surface area (Å²) in [5.74, 6) is 1.02. The number of carbonyl (C=O) groups excluding carboxylic acids is 1. The van der Waals surface area contributed by atoms with Crippen LogP contribution in [-0.2, 0) is 4.79 Å². The number of halogens is 1. The standard InChI is InChI=1S/C19H18BrN3OS/c1-12(14-7-9-15(20)10-8-14)21-18(24)11-25-19-16-5-3-4-6-17(16)22-13(2)23-19/h3-10,12H,11H2,1-2H3,(H,21,24). The Morgan fingerprint density at radius 3 is 2.64 bits per heavy atom. The number of carbonyl (C=O) groups is 1. The molecular weight excluding hydrogens is 398 g/mol. The van der Waals surface area contributed by atoms with Crippen molar-refractivity contribution >= 4 is 44.5 Å². The van der Waals surface area contributed by atoms with Crippen molar-refractivity contribution in [2.45, 2.75) is 24.9 Å². The second kappa shape index (κ2) is 7.97. The lowest BCUT2D eigenvalue weighted by atomic mass is 10.1. The lowest BCUT2D eigenvalue weighted by molar-refractivity contribution is -0.119. The first kappa shape index (κ1) is 17.9. The molecule has 0 spiro atoms. The predicted octanol–water partition coefficient (Wildman–Crippen LogP) is 4.67. The van der Waals surface area contributed by atoms with Crippen LogP contribution in [0.15, 0.2) is 58.0 Å². The topological polar surface area (TPSA) is 54.9 Å². The molecule has 1 heterocycles. The molecule has 0 bridgehead atoms. The van der Waals surface area contributed by atoms with E-state index in [-0.39, 0.29) is 11.9 Å². The zero-order valence-electron chi connectivity index (χ0n) is 14.0. The quantitative estimate of drug-likeness (QED) is 0.485. The van der Waals surface area contributed by atoms with Crippen molar-refractivity contribution in [1.29, 1.82) is 0 Å². The normalized spacial score (nSPS) is 12.1. The van der Waals surface area contributed by atoms with Gasteiger partial charge in [-0.2, -0.15) is 0 Å². The molecule has 0 saturated carbocycles. The molecule has 25 heavy (non-hydrogen) atoms. The third-order valence-corrected chi connectivity index (χ3v) is 5.29. The van der Waals surface area contributed by atoms with Crippen molar-refractivity contribution in [3.05, 3.63) is 64.4 Å². The Bertz CT molecular complexity index is 899. The fraction of sp³-hybridized carbons (Fsp3) is 0.211. The molecule has 0 fully saturated rings. The van der Waals surface area contributed by atoms with E-state index in [1.807, 2.05) is 62.4 Å². The highest BCUT2D eigenvalue weighted by Gasteiger charge is 2.12. The summed E-state index contributed by atoms with van der Waals surface area (Å²) in [6, 6.07) is 15.8.